The Morgan fingerprint density at radius 3 is 2.41 bits per heavy atom. The van der Waals surface area contributed by atoms with E-state index in [1.807, 2.05) is 0 Å². The maximum atomic E-state index is 4.67. The average molecular weight is 228 g/mol. The lowest BCUT2D eigenvalue weighted by molar-refractivity contribution is 0.595. The standard InChI is InChI=1S/C14H21BN2/c1-8(2)13-16-11-6-9(14(3,4)5)10(15)7-12(11)17-13/h6-8H,15H2,1-5H3,(H,16,17). The van der Waals surface area contributed by atoms with Crippen LogP contribution in [-0.2, 0) is 5.41 Å². The summed E-state index contributed by atoms with van der Waals surface area (Å²) in [6.07, 6.45) is 0. The molecule has 0 saturated heterocycles. The third-order valence-corrected chi connectivity index (χ3v) is 3.20. The van der Waals surface area contributed by atoms with Crippen molar-refractivity contribution < 1.29 is 0 Å². The lowest BCUT2D eigenvalue weighted by atomic mass is 9.77. The van der Waals surface area contributed by atoms with Crippen molar-refractivity contribution in [2.24, 2.45) is 0 Å². The Kier molecular flexibility index (Phi) is 2.80. The van der Waals surface area contributed by atoms with Crippen LogP contribution in [0.2, 0.25) is 0 Å². The molecule has 0 unspecified atom stereocenters. The number of hydrogen-bond acceptors (Lipinski definition) is 1. The highest BCUT2D eigenvalue weighted by molar-refractivity contribution is 6.34. The van der Waals surface area contributed by atoms with Gasteiger partial charge in [-0.2, -0.15) is 0 Å². The van der Waals surface area contributed by atoms with Crippen molar-refractivity contribution in [1.29, 1.82) is 0 Å². The highest BCUT2D eigenvalue weighted by Crippen LogP contribution is 2.24. The Hall–Kier alpha value is -1.25. The van der Waals surface area contributed by atoms with E-state index in [9.17, 15) is 0 Å². The predicted molar refractivity (Wildman–Crippen MR) is 77.1 cm³/mol. The maximum absolute atomic E-state index is 4.67. The molecule has 0 aliphatic heterocycles. The Labute approximate surface area is 104 Å². The molecule has 0 amide bonds. The van der Waals surface area contributed by atoms with Crippen molar-refractivity contribution in [2.75, 3.05) is 0 Å². The van der Waals surface area contributed by atoms with Gasteiger partial charge >= 0.3 is 0 Å². The minimum absolute atomic E-state index is 0.176. The molecular formula is C14H21BN2. The number of rotatable bonds is 1. The zero-order valence-corrected chi connectivity index (χ0v) is 11.7. The molecule has 0 saturated carbocycles. The Morgan fingerprint density at radius 2 is 1.88 bits per heavy atom. The fourth-order valence-corrected chi connectivity index (χ4v) is 2.27. The minimum Gasteiger partial charge on any atom is -0.342 e. The molecule has 2 aromatic rings. The monoisotopic (exact) mass is 228 g/mol. The number of aromatic nitrogens is 2. The fourth-order valence-electron chi connectivity index (χ4n) is 2.27. The number of hydrogen-bond donors (Lipinski definition) is 1. The topological polar surface area (TPSA) is 28.7 Å². The van der Waals surface area contributed by atoms with Gasteiger partial charge in [0, 0.05) is 5.92 Å². The molecule has 1 heterocycles. The number of imidazole rings is 1. The molecule has 0 fully saturated rings. The number of benzene rings is 1. The lowest BCUT2D eigenvalue weighted by Gasteiger charge is -2.21. The fraction of sp³-hybridized carbons (Fsp3) is 0.500. The van der Waals surface area contributed by atoms with E-state index in [0.717, 1.165) is 16.9 Å². The molecule has 1 aromatic carbocycles. The first-order valence-corrected chi connectivity index (χ1v) is 6.30. The number of nitrogens with zero attached hydrogens (tertiary/aromatic N) is 1. The van der Waals surface area contributed by atoms with Crippen LogP contribution in [0.15, 0.2) is 12.1 Å². The zero-order valence-electron chi connectivity index (χ0n) is 11.7. The van der Waals surface area contributed by atoms with E-state index >= 15 is 0 Å². The molecule has 90 valence electrons. The molecule has 3 heteroatoms. The Bertz CT molecular complexity index is 547. The van der Waals surface area contributed by atoms with Gasteiger partial charge in [0.25, 0.3) is 0 Å². The number of nitrogens with one attached hydrogen (secondary N) is 1. The molecule has 0 atom stereocenters. The van der Waals surface area contributed by atoms with Gasteiger partial charge < -0.3 is 4.98 Å². The highest BCUT2D eigenvalue weighted by Gasteiger charge is 2.18. The summed E-state index contributed by atoms with van der Waals surface area (Å²) in [5, 5.41) is 0. The summed E-state index contributed by atoms with van der Waals surface area (Å²) in [6.45, 7) is 11.1. The summed E-state index contributed by atoms with van der Waals surface area (Å²) >= 11 is 0. The van der Waals surface area contributed by atoms with Crippen molar-refractivity contribution in [3.05, 3.63) is 23.5 Å². The molecule has 0 spiro atoms. The van der Waals surface area contributed by atoms with Gasteiger partial charge in [0.15, 0.2) is 0 Å². The molecule has 1 aromatic heterocycles. The number of H-pyrrole nitrogens is 1. The van der Waals surface area contributed by atoms with Crippen LogP contribution in [0.3, 0.4) is 0 Å². The summed E-state index contributed by atoms with van der Waals surface area (Å²) in [6, 6.07) is 4.45. The molecule has 1 N–H and O–H groups in total. The summed E-state index contributed by atoms with van der Waals surface area (Å²) in [5.41, 5.74) is 5.13. The van der Waals surface area contributed by atoms with Gasteiger partial charge in [0.1, 0.15) is 13.7 Å². The predicted octanol–water partition coefficient (Wildman–Crippen LogP) is 2.24. The summed E-state index contributed by atoms with van der Waals surface area (Å²) < 4.78 is 0. The van der Waals surface area contributed by atoms with Gasteiger partial charge in [-0.25, -0.2) is 4.98 Å². The van der Waals surface area contributed by atoms with Crippen LogP contribution < -0.4 is 5.46 Å². The number of fused-ring (bicyclic) bond motifs is 1. The van der Waals surface area contributed by atoms with Gasteiger partial charge in [0.2, 0.25) is 0 Å². The van der Waals surface area contributed by atoms with Crippen molar-refractivity contribution in [3.8, 4) is 0 Å². The molecule has 0 aliphatic carbocycles. The second-order valence-electron chi connectivity index (χ2n) is 6.21. The van der Waals surface area contributed by atoms with E-state index in [-0.39, 0.29) is 5.41 Å². The third-order valence-electron chi connectivity index (χ3n) is 3.20. The molecular weight excluding hydrogens is 207 g/mol. The van der Waals surface area contributed by atoms with Gasteiger partial charge in [-0.3, -0.25) is 0 Å². The summed E-state index contributed by atoms with van der Waals surface area (Å²) in [5.74, 6) is 1.52. The van der Waals surface area contributed by atoms with E-state index in [2.05, 4.69) is 64.6 Å². The maximum Gasteiger partial charge on any atom is 0.139 e. The van der Waals surface area contributed by atoms with E-state index in [4.69, 9.17) is 0 Å². The van der Waals surface area contributed by atoms with Crippen LogP contribution in [0.25, 0.3) is 11.0 Å². The Morgan fingerprint density at radius 1 is 1.24 bits per heavy atom. The summed E-state index contributed by atoms with van der Waals surface area (Å²) in [7, 11) is 2.18. The van der Waals surface area contributed by atoms with Crippen LogP contribution in [0.5, 0.6) is 0 Å². The van der Waals surface area contributed by atoms with Crippen molar-refractivity contribution in [1.82, 2.24) is 9.97 Å². The van der Waals surface area contributed by atoms with Gasteiger partial charge in [-0.15, -0.1) is 0 Å². The first kappa shape index (κ1) is 12.2. The normalized spacial score (nSPS) is 12.6. The number of aromatic amines is 1. The van der Waals surface area contributed by atoms with Crippen LogP contribution in [0.4, 0.5) is 0 Å². The van der Waals surface area contributed by atoms with Crippen LogP contribution in [0, 0.1) is 0 Å². The van der Waals surface area contributed by atoms with Crippen LogP contribution in [-0.4, -0.2) is 17.8 Å². The van der Waals surface area contributed by atoms with Crippen molar-refractivity contribution in [3.63, 3.8) is 0 Å². The first-order chi connectivity index (χ1) is 7.79. The Balaban J connectivity index is 2.64. The zero-order chi connectivity index (χ0) is 12.8. The van der Waals surface area contributed by atoms with E-state index in [1.54, 1.807) is 0 Å². The lowest BCUT2D eigenvalue weighted by Crippen LogP contribution is -2.22. The van der Waals surface area contributed by atoms with E-state index < -0.39 is 0 Å². The minimum atomic E-state index is 0.176. The first-order valence-electron chi connectivity index (χ1n) is 6.30. The van der Waals surface area contributed by atoms with Gasteiger partial charge in [-0.1, -0.05) is 40.1 Å². The molecule has 0 aliphatic rings. The second kappa shape index (κ2) is 3.90. The third kappa shape index (κ3) is 2.24. The highest BCUT2D eigenvalue weighted by atomic mass is 14.9. The van der Waals surface area contributed by atoms with Gasteiger partial charge in [0.05, 0.1) is 11.0 Å². The van der Waals surface area contributed by atoms with Crippen molar-refractivity contribution in [2.45, 2.75) is 46.0 Å². The van der Waals surface area contributed by atoms with Gasteiger partial charge in [-0.05, 0) is 23.1 Å². The molecule has 0 radical (unpaired) electrons. The molecule has 2 rings (SSSR count). The van der Waals surface area contributed by atoms with E-state index in [0.29, 0.717) is 5.92 Å². The quantitative estimate of drug-likeness (QED) is 0.745. The summed E-state index contributed by atoms with van der Waals surface area (Å²) in [4.78, 5) is 8.08. The SMILES string of the molecule is Bc1cc2[nH]c(C(C)C)nc2cc1C(C)(C)C. The molecule has 0 bridgehead atoms. The van der Waals surface area contributed by atoms with Crippen LogP contribution in [0.1, 0.15) is 51.9 Å². The van der Waals surface area contributed by atoms with Crippen LogP contribution >= 0.6 is 0 Å². The van der Waals surface area contributed by atoms with Crippen molar-refractivity contribution >= 4 is 24.3 Å². The second-order valence-corrected chi connectivity index (χ2v) is 6.21. The average Bonchev–Trinajstić information content (AvgIpc) is 2.57. The molecule has 2 nitrogen and oxygen atoms in total. The largest absolute Gasteiger partial charge is 0.342 e. The molecule has 17 heavy (non-hydrogen) atoms. The van der Waals surface area contributed by atoms with E-state index in [1.165, 1.54) is 11.0 Å². The smallest absolute Gasteiger partial charge is 0.139 e.